The minimum absolute atomic E-state index is 0.0692. The van der Waals surface area contributed by atoms with Crippen LogP contribution < -0.4 is 10.1 Å². The van der Waals surface area contributed by atoms with E-state index >= 15 is 0 Å². The zero-order chi connectivity index (χ0) is 21.3. The first-order valence-electron chi connectivity index (χ1n) is 11.2. The Morgan fingerprint density at radius 2 is 1.90 bits per heavy atom. The van der Waals surface area contributed by atoms with Gasteiger partial charge >= 0.3 is 0 Å². The zero-order valence-corrected chi connectivity index (χ0v) is 18.6. The highest BCUT2D eigenvalue weighted by Crippen LogP contribution is 2.54. The topological polar surface area (TPSA) is 46.8 Å². The maximum atomic E-state index is 6.13. The highest BCUT2D eigenvalue weighted by Gasteiger charge is 2.44. The fraction of sp³-hybridized carbons (Fsp3) is 0.370. The van der Waals surface area contributed by atoms with E-state index in [0.29, 0.717) is 0 Å². The van der Waals surface area contributed by atoms with Crippen molar-refractivity contribution in [3.8, 4) is 17.1 Å². The van der Waals surface area contributed by atoms with Crippen LogP contribution in [0.25, 0.3) is 11.3 Å². The Morgan fingerprint density at radius 1 is 1.10 bits per heavy atom. The number of amidine groups is 1. The molecule has 2 aromatic carbocycles. The molecule has 2 aliphatic carbocycles. The van der Waals surface area contributed by atoms with Crippen molar-refractivity contribution in [2.45, 2.75) is 57.5 Å². The minimum Gasteiger partial charge on any atom is -0.497 e. The quantitative estimate of drug-likeness (QED) is 0.559. The monoisotopic (exact) mass is 412 g/mol. The van der Waals surface area contributed by atoms with Crippen LogP contribution in [-0.2, 0) is 11.8 Å². The molecular weight excluding hydrogens is 384 g/mol. The Balaban J connectivity index is 1.55. The molecule has 6 rings (SSSR count). The predicted molar refractivity (Wildman–Crippen MR) is 123 cm³/mol. The highest BCUT2D eigenvalue weighted by atomic mass is 16.5. The van der Waals surface area contributed by atoms with Gasteiger partial charge in [0.2, 0.25) is 0 Å². The third-order valence-corrected chi connectivity index (χ3v) is 7.43. The Bertz CT molecular complexity index is 1220. The average Bonchev–Trinajstić information content (AvgIpc) is 3.37. The van der Waals surface area contributed by atoms with E-state index in [1.807, 2.05) is 18.4 Å². The van der Waals surface area contributed by atoms with Gasteiger partial charge in [-0.15, -0.1) is 0 Å². The molecule has 0 fully saturated rings. The Hall–Kier alpha value is -3.01. The third-order valence-electron chi connectivity index (χ3n) is 7.43. The first kappa shape index (κ1) is 18.7. The molecule has 0 radical (unpaired) electrons. The summed E-state index contributed by atoms with van der Waals surface area (Å²) in [4.78, 5) is 5.28. The van der Waals surface area contributed by atoms with E-state index in [2.05, 4.69) is 50.4 Å². The van der Waals surface area contributed by atoms with Gasteiger partial charge < -0.3 is 14.5 Å². The second-order valence-electron chi connectivity index (χ2n) is 9.72. The van der Waals surface area contributed by atoms with E-state index in [4.69, 9.17) is 14.1 Å². The normalized spacial score (nSPS) is 22.5. The molecule has 0 spiro atoms. The van der Waals surface area contributed by atoms with Crippen molar-refractivity contribution in [2.24, 2.45) is 4.99 Å². The molecule has 3 aromatic rings. The molecule has 4 heteroatoms. The zero-order valence-electron chi connectivity index (χ0n) is 18.6. The summed E-state index contributed by atoms with van der Waals surface area (Å²) in [5.41, 5.74) is 9.29. The number of hydrogen-bond acceptors (Lipinski definition) is 4. The number of benzene rings is 2. The largest absolute Gasteiger partial charge is 0.497 e. The van der Waals surface area contributed by atoms with Crippen molar-refractivity contribution in [3.63, 3.8) is 0 Å². The van der Waals surface area contributed by atoms with Gasteiger partial charge in [-0.1, -0.05) is 26.0 Å². The van der Waals surface area contributed by atoms with Crippen molar-refractivity contribution in [3.05, 3.63) is 76.0 Å². The summed E-state index contributed by atoms with van der Waals surface area (Å²) in [6.45, 7) is 6.89. The van der Waals surface area contributed by atoms with Crippen LogP contribution in [0.2, 0.25) is 0 Å². The summed E-state index contributed by atoms with van der Waals surface area (Å²) in [6, 6.07) is 12.9. The van der Waals surface area contributed by atoms with E-state index in [1.165, 1.54) is 46.2 Å². The lowest BCUT2D eigenvalue weighted by Gasteiger charge is -2.37. The molecule has 0 bridgehead atoms. The molecule has 0 saturated heterocycles. The van der Waals surface area contributed by atoms with Crippen LogP contribution in [-0.4, -0.2) is 12.9 Å². The molecule has 31 heavy (non-hydrogen) atoms. The number of methoxy groups -OCH3 is 1. The molecule has 158 valence electrons. The van der Waals surface area contributed by atoms with Crippen LogP contribution in [0.1, 0.15) is 72.2 Å². The molecule has 4 nitrogen and oxygen atoms in total. The molecule has 1 aliphatic heterocycles. The average molecular weight is 413 g/mol. The number of rotatable bonds is 2. The van der Waals surface area contributed by atoms with E-state index < -0.39 is 0 Å². The van der Waals surface area contributed by atoms with Crippen molar-refractivity contribution in [1.82, 2.24) is 5.32 Å². The third kappa shape index (κ3) is 2.63. The lowest BCUT2D eigenvalue weighted by atomic mass is 9.68. The molecule has 2 unspecified atom stereocenters. The summed E-state index contributed by atoms with van der Waals surface area (Å²) in [5, 5.41) is 3.75. The second-order valence-corrected chi connectivity index (χ2v) is 9.72. The van der Waals surface area contributed by atoms with Crippen LogP contribution in [0.3, 0.4) is 0 Å². The Kier molecular flexibility index (Phi) is 3.92. The van der Waals surface area contributed by atoms with Crippen LogP contribution in [0.5, 0.6) is 5.75 Å². The summed E-state index contributed by atoms with van der Waals surface area (Å²) in [5.74, 6) is 2.82. The van der Waals surface area contributed by atoms with Crippen LogP contribution in [0.4, 0.5) is 0 Å². The Morgan fingerprint density at radius 3 is 2.68 bits per heavy atom. The number of furan rings is 1. The summed E-state index contributed by atoms with van der Waals surface area (Å²) < 4.78 is 11.5. The summed E-state index contributed by atoms with van der Waals surface area (Å²) in [7, 11) is 1.69. The number of aliphatic imine (C=N–C) groups is 1. The molecule has 0 amide bonds. The molecular formula is C27H28N2O2. The fourth-order valence-electron chi connectivity index (χ4n) is 5.84. The van der Waals surface area contributed by atoms with Crippen molar-refractivity contribution >= 4 is 5.84 Å². The maximum absolute atomic E-state index is 6.13. The number of nitrogens with zero attached hydrogens (tertiary/aromatic N) is 1. The van der Waals surface area contributed by atoms with Crippen molar-refractivity contribution in [1.29, 1.82) is 0 Å². The molecule has 0 saturated carbocycles. The van der Waals surface area contributed by atoms with E-state index in [-0.39, 0.29) is 17.5 Å². The number of nitrogens with one attached hydrogen (secondary N) is 1. The predicted octanol–water partition coefficient (Wildman–Crippen LogP) is 6.02. The molecule has 1 N–H and O–H groups in total. The van der Waals surface area contributed by atoms with Crippen LogP contribution >= 0.6 is 0 Å². The lowest BCUT2D eigenvalue weighted by molar-refractivity contribution is 0.415. The van der Waals surface area contributed by atoms with Crippen LogP contribution in [0, 0.1) is 6.92 Å². The van der Waals surface area contributed by atoms with Gasteiger partial charge in [-0.2, -0.15) is 0 Å². The van der Waals surface area contributed by atoms with Gasteiger partial charge in [0.05, 0.1) is 19.4 Å². The summed E-state index contributed by atoms with van der Waals surface area (Å²) >= 11 is 0. The molecule has 2 atom stereocenters. The molecule has 3 aliphatic rings. The summed E-state index contributed by atoms with van der Waals surface area (Å²) in [6.07, 6.45) is 5.47. The number of hydrogen-bond donors (Lipinski definition) is 1. The number of ether oxygens (including phenoxy) is 1. The first-order chi connectivity index (χ1) is 15.0. The standard InChI is InChI=1S/C27H28N2O2/c1-15-14-31-25-19-11-12-20-18(6-5-13-27(20,2)3)22(19)24-23(21(15)25)28-26(29-24)16-7-9-17(30-4)10-8-16/h7-12,14,23-24H,5-6,13H2,1-4H3,(H,28,29). The van der Waals surface area contributed by atoms with Crippen LogP contribution in [0.15, 0.2) is 52.1 Å². The highest BCUT2D eigenvalue weighted by molar-refractivity contribution is 6.01. The first-order valence-corrected chi connectivity index (χ1v) is 11.2. The smallest absolute Gasteiger partial charge is 0.139 e. The fourth-order valence-corrected chi connectivity index (χ4v) is 5.84. The molecule has 2 heterocycles. The second kappa shape index (κ2) is 6.49. The number of fused-ring (bicyclic) bond motifs is 8. The lowest BCUT2D eigenvalue weighted by Crippen LogP contribution is -2.30. The SMILES string of the molecule is COc1ccc(C2=NC3c4c(ccc5c4CCCC5(C)C)-c4occ(C)c4C3N2)cc1. The van der Waals surface area contributed by atoms with Gasteiger partial charge in [0.1, 0.15) is 23.4 Å². The number of aryl methyl sites for hydroxylation is 1. The van der Waals surface area contributed by atoms with E-state index in [9.17, 15) is 0 Å². The van der Waals surface area contributed by atoms with Gasteiger partial charge in [-0.25, -0.2) is 0 Å². The van der Waals surface area contributed by atoms with Gasteiger partial charge in [0.15, 0.2) is 0 Å². The van der Waals surface area contributed by atoms with Gasteiger partial charge in [0, 0.05) is 16.7 Å². The minimum atomic E-state index is 0.0692. The Labute approximate surface area is 183 Å². The van der Waals surface area contributed by atoms with Crippen molar-refractivity contribution < 1.29 is 9.15 Å². The van der Waals surface area contributed by atoms with Crippen molar-refractivity contribution in [2.75, 3.05) is 7.11 Å². The molecule has 1 aromatic heterocycles. The van der Waals surface area contributed by atoms with E-state index in [1.54, 1.807) is 7.11 Å². The van der Waals surface area contributed by atoms with E-state index in [0.717, 1.165) is 29.3 Å². The van der Waals surface area contributed by atoms with Gasteiger partial charge in [0.25, 0.3) is 0 Å². The van der Waals surface area contributed by atoms with Gasteiger partial charge in [-0.3, -0.25) is 4.99 Å². The van der Waals surface area contributed by atoms with Gasteiger partial charge in [-0.05, 0) is 78.1 Å². The maximum Gasteiger partial charge on any atom is 0.139 e.